The average molecular weight is 588 g/mol. The van der Waals surface area contributed by atoms with Gasteiger partial charge >= 0.3 is 0 Å². The van der Waals surface area contributed by atoms with Gasteiger partial charge < -0.3 is 0 Å². The van der Waals surface area contributed by atoms with E-state index in [9.17, 15) is 0 Å². The third-order valence-corrected chi connectivity index (χ3v) is 9.26. The molecule has 1 aliphatic rings. The zero-order valence-electron chi connectivity index (χ0n) is 25.2. The topological polar surface area (TPSA) is 38.7 Å². The van der Waals surface area contributed by atoms with Crippen LogP contribution in [0.15, 0.2) is 146 Å². The highest BCUT2D eigenvalue weighted by atomic mass is 14.7. The Kier molecular flexibility index (Phi) is 6.27. The number of aryl methyl sites for hydroxylation is 1. The SMILES string of the molecule is C1=C\CCc2c(ccc3c(-c4ccc(-c5ccc(-c6nc7ccccc7c7c6ccc6ccccc67)cc5)cn4)ccnc23)\C=C/1. The van der Waals surface area contributed by atoms with Crippen LogP contribution in [0.25, 0.3) is 83.1 Å². The first-order valence-corrected chi connectivity index (χ1v) is 15.8. The molecule has 46 heavy (non-hydrogen) atoms. The molecule has 8 aromatic rings. The Bertz CT molecular complexity index is 2490. The van der Waals surface area contributed by atoms with Crippen molar-refractivity contribution < 1.29 is 0 Å². The lowest BCUT2D eigenvalue weighted by atomic mass is 9.94. The highest BCUT2D eigenvalue weighted by molar-refractivity contribution is 6.22. The van der Waals surface area contributed by atoms with Crippen LogP contribution < -0.4 is 0 Å². The quantitative estimate of drug-likeness (QED) is 0.193. The smallest absolute Gasteiger partial charge is 0.0788 e. The summed E-state index contributed by atoms with van der Waals surface area (Å²) in [5.74, 6) is 0. The van der Waals surface area contributed by atoms with E-state index in [1.807, 2.05) is 12.4 Å². The number of hydrogen-bond donors (Lipinski definition) is 0. The molecule has 0 fully saturated rings. The highest BCUT2D eigenvalue weighted by Gasteiger charge is 2.15. The first kappa shape index (κ1) is 26.5. The van der Waals surface area contributed by atoms with Gasteiger partial charge in [-0.2, -0.15) is 0 Å². The van der Waals surface area contributed by atoms with E-state index in [0.29, 0.717) is 0 Å². The van der Waals surface area contributed by atoms with Crippen LogP contribution in [-0.4, -0.2) is 15.0 Å². The van der Waals surface area contributed by atoms with E-state index in [1.165, 1.54) is 38.1 Å². The Morgan fingerprint density at radius 1 is 0.565 bits per heavy atom. The Hall–Kier alpha value is -5.93. The number of allylic oxidation sites excluding steroid dienone is 3. The molecule has 3 aromatic heterocycles. The monoisotopic (exact) mass is 587 g/mol. The number of nitrogens with zero attached hydrogens (tertiary/aromatic N) is 3. The molecule has 0 atom stereocenters. The average Bonchev–Trinajstić information content (AvgIpc) is 3.11. The van der Waals surface area contributed by atoms with Gasteiger partial charge in [-0.05, 0) is 58.5 Å². The summed E-state index contributed by atoms with van der Waals surface area (Å²) >= 11 is 0. The van der Waals surface area contributed by atoms with Crippen molar-refractivity contribution in [1.82, 2.24) is 15.0 Å². The Balaban J connectivity index is 1.08. The first-order valence-electron chi connectivity index (χ1n) is 15.8. The van der Waals surface area contributed by atoms with Crippen molar-refractivity contribution in [2.75, 3.05) is 0 Å². The lowest BCUT2D eigenvalue weighted by Gasteiger charge is -2.14. The first-order chi connectivity index (χ1) is 22.8. The predicted octanol–water partition coefficient (Wildman–Crippen LogP) is 11.0. The van der Waals surface area contributed by atoms with Crippen LogP contribution in [0.1, 0.15) is 17.5 Å². The second kappa shape index (κ2) is 10.9. The van der Waals surface area contributed by atoms with E-state index < -0.39 is 0 Å². The summed E-state index contributed by atoms with van der Waals surface area (Å²) < 4.78 is 0. The molecular formula is C43H29N3. The lowest BCUT2D eigenvalue weighted by molar-refractivity contribution is 1.00. The molecule has 5 aromatic carbocycles. The van der Waals surface area contributed by atoms with Gasteiger partial charge in [-0.3, -0.25) is 9.97 Å². The van der Waals surface area contributed by atoms with E-state index >= 15 is 0 Å². The largest absolute Gasteiger partial charge is 0.256 e. The number of benzene rings is 5. The number of fused-ring (bicyclic) bond motifs is 8. The number of para-hydroxylation sites is 1. The molecule has 0 saturated carbocycles. The van der Waals surface area contributed by atoms with Gasteiger partial charge in [0.15, 0.2) is 0 Å². The molecule has 0 radical (unpaired) electrons. The van der Waals surface area contributed by atoms with Crippen molar-refractivity contribution in [3.63, 3.8) is 0 Å². The minimum atomic E-state index is 0.952. The number of pyridine rings is 3. The summed E-state index contributed by atoms with van der Waals surface area (Å²) in [6.07, 6.45) is 14.5. The summed E-state index contributed by atoms with van der Waals surface area (Å²) in [6.45, 7) is 0. The minimum Gasteiger partial charge on any atom is -0.256 e. The van der Waals surface area contributed by atoms with Gasteiger partial charge in [0.05, 0.1) is 22.4 Å². The van der Waals surface area contributed by atoms with Crippen molar-refractivity contribution in [1.29, 1.82) is 0 Å². The molecule has 1 aliphatic carbocycles. The van der Waals surface area contributed by atoms with Crippen LogP contribution in [0.5, 0.6) is 0 Å². The van der Waals surface area contributed by atoms with Crippen molar-refractivity contribution in [3.05, 3.63) is 157 Å². The van der Waals surface area contributed by atoms with Crippen molar-refractivity contribution >= 4 is 49.4 Å². The van der Waals surface area contributed by atoms with E-state index in [2.05, 4.69) is 140 Å². The second-order valence-corrected chi connectivity index (χ2v) is 11.9. The van der Waals surface area contributed by atoms with Crippen molar-refractivity contribution in [3.8, 4) is 33.6 Å². The van der Waals surface area contributed by atoms with Gasteiger partial charge in [0.2, 0.25) is 0 Å². The van der Waals surface area contributed by atoms with Gasteiger partial charge in [0, 0.05) is 50.6 Å². The number of aromatic nitrogens is 3. The molecule has 0 amide bonds. The summed E-state index contributed by atoms with van der Waals surface area (Å²) in [7, 11) is 0. The molecule has 216 valence electrons. The molecule has 0 aliphatic heterocycles. The van der Waals surface area contributed by atoms with Crippen LogP contribution in [-0.2, 0) is 6.42 Å². The Labute approximate surface area is 267 Å². The second-order valence-electron chi connectivity index (χ2n) is 11.9. The van der Waals surface area contributed by atoms with Gasteiger partial charge in [-0.1, -0.05) is 121 Å². The zero-order chi connectivity index (χ0) is 30.5. The van der Waals surface area contributed by atoms with Crippen LogP contribution in [0.2, 0.25) is 0 Å². The predicted molar refractivity (Wildman–Crippen MR) is 193 cm³/mol. The zero-order valence-corrected chi connectivity index (χ0v) is 25.2. The number of rotatable bonds is 3. The van der Waals surface area contributed by atoms with Crippen LogP contribution in [0.4, 0.5) is 0 Å². The summed E-state index contributed by atoms with van der Waals surface area (Å²) in [5, 5.41) is 7.24. The normalized spacial score (nSPS) is 14.3. The van der Waals surface area contributed by atoms with Gasteiger partial charge in [-0.15, -0.1) is 0 Å². The van der Waals surface area contributed by atoms with Gasteiger partial charge in [0.1, 0.15) is 0 Å². The molecule has 0 unspecified atom stereocenters. The highest BCUT2D eigenvalue weighted by Crippen LogP contribution is 2.38. The van der Waals surface area contributed by atoms with Gasteiger partial charge in [0.25, 0.3) is 0 Å². The molecule has 3 nitrogen and oxygen atoms in total. The van der Waals surface area contributed by atoms with Crippen LogP contribution in [0.3, 0.4) is 0 Å². The summed E-state index contributed by atoms with van der Waals surface area (Å²) in [6, 6.07) is 41.0. The molecule has 0 N–H and O–H groups in total. The maximum absolute atomic E-state index is 5.17. The lowest BCUT2D eigenvalue weighted by Crippen LogP contribution is -1.96. The fourth-order valence-corrected chi connectivity index (χ4v) is 6.98. The van der Waals surface area contributed by atoms with E-state index in [4.69, 9.17) is 15.0 Å². The molecule has 3 heterocycles. The van der Waals surface area contributed by atoms with Crippen molar-refractivity contribution in [2.45, 2.75) is 12.8 Å². The molecule has 0 saturated heterocycles. The third kappa shape index (κ3) is 4.40. The molecule has 9 rings (SSSR count). The Morgan fingerprint density at radius 2 is 1.37 bits per heavy atom. The molecule has 3 heteroatoms. The molecular weight excluding hydrogens is 558 g/mol. The number of hydrogen-bond acceptors (Lipinski definition) is 3. The molecule has 0 bridgehead atoms. The fraction of sp³-hybridized carbons (Fsp3) is 0.0465. The van der Waals surface area contributed by atoms with Crippen LogP contribution >= 0.6 is 0 Å². The maximum Gasteiger partial charge on any atom is 0.0788 e. The third-order valence-electron chi connectivity index (χ3n) is 9.26. The van der Waals surface area contributed by atoms with Crippen molar-refractivity contribution in [2.24, 2.45) is 0 Å². The van der Waals surface area contributed by atoms with Gasteiger partial charge in [-0.25, -0.2) is 4.98 Å². The van der Waals surface area contributed by atoms with E-state index in [1.54, 1.807) is 0 Å². The van der Waals surface area contributed by atoms with E-state index in [-0.39, 0.29) is 0 Å². The summed E-state index contributed by atoms with van der Waals surface area (Å²) in [5.41, 5.74) is 11.0. The fourth-order valence-electron chi connectivity index (χ4n) is 6.98. The maximum atomic E-state index is 5.17. The standard InChI is InChI=1S/C43H29N3/c1-2-4-12-34-30(9-3-1)19-22-36-35(25-26-44-43(34)36)39-24-21-32(27-45-39)28-15-17-31(18-16-28)42-38-23-20-29-10-5-6-11-33(29)41(38)37-13-7-8-14-40(37)46-42/h1-3,5-11,13-27H,4,12H2/b2-1-,9-3-. The summed E-state index contributed by atoms with van der Waals surface area (Å²) in [4.78, 5) is 14.9. The van der Waals surface area contributed by atoms with Crippen LogP contribution in [0, 0.1) is 0 Å². The molecule has 0 spiro atoms. The Morgan fingerprint density at radius 3 is 2.26 bits per heavy atom. The van der Waals surface area contributed by atoms with E-state index in [0.717, 1.165) is 62.9 Å². The minimum absolute atomic E-state index is 0.952.